The first kappa shape index (κ1) is 27.9. The molecule has 0 atom stereocenters. The fourth-order valence-corrected chi connectivity index (χ4v) is 4.31. The van der Waals surface area contributed by atoms with E-state index in [-0.39, 0.29) is 48.3 Å². The van der Waals surface area contributed by atoms with Crippen LogP contribution in [0.4, 0.5) is 4.39 Å². The van der Waals surface area contributed by atoms with Crippen LogP contribution in [-0.2, 0) is 14.8 Å². The van der Waals surface area contributed by atoms with Crippen LogP contribution < -0.4 is 10.1 Å². The van der Waals surface area contributed by atoms with Crippen molar-refractivity contribution in [3.63, 3.8) is 0 Å². The molecule has 8 nitrogen and oxygen atoms in total. The first-order valence-electron chi connectivity index (χ1n) is 10.2. The zero-order chi connectivity index (χ0) is 22.0. The second-order valence-electron chi connectivity index (χ2n) is 7.25. The van der Waals surface area contributed by atoms with Gasteiger partial charge in [-0.25, -0.2) is 12.8 Å². The van der Waals surface area contributed by atoms with Gasteiger partial charge in [0.15, 0.2) is 5.96 Å². The quantitative estimate of drug-likeness (QED) is 0.200. The Kier molecular flexibility index (Phi) is 12.6. The highest BCUT2D eigenvalue weighted by Gasteiger charge is 2.27. The Morgan fingerprint density at radius 3 is 2.39 bits per heavy atom. The fraction of sp³-hybridized carbons (Fsp3) is 0.650. The summed E-state index contributed by atoms with van der Waals surface area (Å²) < 4.78 is 50.2. The van der Waals surface area contributed by atoms with Gasteiger partial charge in [-0.2, -0.15) is 4.31 Å². The van der Waals surface area contributed by atoms with Gasteiger partial charge in [-0.05, 0) is 44.5 Å². The van der Waals surface area contributed by atoms with E-state index in [2.05, 4.69) is 15.2 Å². The van der Waals surface area contributed by atoms with Crippen molar-refractivity contribution >= 4 is 40.0 Å². The van der Waals surface area contributed by atoms with Crippen molar-refractivity contribution in [2.24, 2.45) is 4.99 Å². The van der Waals surface area contributed by atoms with Crippen molar-refractivity contribution in [2.45, 2.75) is 26.4 Å². The number of nitrogens with zero attached hydrogens (tertiary/aromatic N) is 3. The smallest absolute Gasteiger partial charge is 0.216 e. The van der Waals surface area contributed by atoms with E-state index in [4.69, 9.17) is 9.47 Å². The summed E-state index contributed by atoms with van der Waals surface area (Å²) in [6.45, 7) is 7.17. The maximum atomic E-state index is 12.9. The van der Waals surface area contributed by atoms with E-state index in [0.717, 1.165) is 12.4 Å². The number of ether oxygens (including phenoxy) is 2. The van der Waals surface area contributed by atoms with Crippen molar-refractivity contribution in [1.29, 1.82) is 0 Å². The van der Waals surface area contributed by atoms with Crippen LogP contribution in [0.15, 0.2) is 29.3 Å². The summed E-state index contributed by atoms with van der Waals surface area (Å²) in [5.41, 5.74) is 0. The Labute approximate surface area is 202 Å². The largest absolute Gasteiger partial charge is 0.494 e. The molecule has 1 aromatic carbocycles. The molecule has 11 heteroatoms. The molecule has 0 bridgehead atoms. The number of benzene rings is 1. The number of nitrogens with one attached hydrogen (secondary N) is 1. The fourth-order valence-electron chi connectivity index (χ4n) is 3.02. The van der Waals surface area contributed by atoms with Crippen molar-refractivity contribution in [2.75, 3.05) is 58.7 Å². The standard InChI is InChI=1S/C20H33FN4O4S.HI/c1-17(2)28-15-16-30(26,27)25-12-10-24(11-13-25)20(22-3)23-9-4-14-29-19-7-5-18(21)6-8-19;/h5-8,17H,4,9-16H2,1-3H3,(H,22,23);1H. The SMILES string of the molecule is CN=C(NCCCOc1ccc(F)cc1)N1CCN(S(=O)(=O)CCOC(C)C)CC1.I. The lowest BCUT2D eigenvalue weighted by Gasteiger charge is -2.35. The molecule has 0 radical (unpaired) electrons. The highest BCUT2D eigenvalue weighted by molar-refractivity contribution is 14.0. The van der Waals surface area contributed by atoms with Gasteiger partial charge in [0.2, 0.25) is 10.0 Å². The minimum Gasteiger partial charge on any atom is -0.494 e. The molecule has 1 aliphatic rings. The summed E-state index contributed by atoms with van der Waals surface area (Å²) in [4.78, 5) is 6.35. The van der Waals surface area contributed by atoms with Gasteiger partial charge >= 0.3 is 0 Å². The van der Waals surface area contributed by atoms with Gasteiger partial charge in [0.05, 0.1) is 25.1 Å². The minimum absolute atomic E-state index is 0. The van der Waals surface area contributed by atoms with Crippen LogP contribution >= 0.6 is 24.0 Å². The summed E-state index contributed by atoms with van der Waals surface area (Å²) in [5, 5.41) is 3.28. The summed E-state index contributed by atoms with van der Waals surface area (Å²) in [5.74, 6) is 1.10. The summed E-state index contributed by atoms with van der Waals surface area (Å²) in [6.07, 6.45) is 0.771. The summed E-state index contributed by atoms with van der Waals surface area (Å²) in [7, 11) is -1.59. The number of halogens is 2. The monoisotopic (exact) mass is 572 g/mol. The number of hydrogen-bond acceptors (Lipinski definition) is 5. The van der Waals surface area contributed by atoms with Gasteiger partial charge in [0.1, 0.15) is 11.6 Å². The van der Waals surface area contributed by atoms with Crippen LogP contribution in [0.1, 0.15) is 20.3 Å². The molecular weight excluding hydrogens is 538 g/mol. The lowest BCUT2D eigenvalue weighted by molar-refractivity contribution is 0.0904. The highest BCUT2D eigenvalue weighted by atomic mass is 127. The Morgan fingerprint density at radius 1 is 1.16 bits per heavy atom. The van der Waals surface area contributed by atoms with E-state index in [1.165, 1.54) is 16.4 Å². The zero-order valence-electron chi connectivity index (χ0n) is 18.4. The van der Waals surface area contributed by atoms with Crippen molar-refractivity contribution in [3.05, 3.63) is 30.1 Å². The van der Waals surface area contributed by atoms with Crippen LogP contribution in [0.5, 0.6) is 5.75 Å². The first-order chi connectivity index (χ1) is 14.3. The molecule has 1 aromatic rings. The number of hydrogen-bond donors (Lipinski definition) is 1. The third kappa shape index (κ3) is 9.87. The summed E-state index contributed by atoms with van der Waals surface area (Å²) in [6, 6.07) is 5.94. The molecule has 1 heterocycles. The third-order valence-electron chi connectivity index (χ3n) is 4.62. The molecule has 178 valence electrons. The van der Waals surface area contributed by atoms with Gasteiger partial charge in [-0.3, -0.25) is 4.99 Å². The number of aliphatic imine (C=N–C) groups is 1. The Morgan fingerprint density at radius 2 is 1.81 bits per heavy atom. The van der Waals surface area contributed by atoms with Crippen LogP contribution in [0.25, 0.3) is 0 Å². The molecule has 2 rings (SSSR count). The van der Waals surface area contributed by atoms with E-state index in [1.807, 2.05) is 13.8 Å². The molecule has 0 saturated carbocycles. The molecule has 0 amide bonds. The molecule has 1 fully saturated rings. The molecule has 0 aromatic heterocycles. The average Bonchev–Trinajstić information content (AvgIpc) is 2.72. The second kappa shape index (κ2) is 14.1. The molecule has 1 saturated heterocycles. The third-order valence-corrected chi connectivity index (χ3v) is 6.46. The van der Waals surface area contributed by atoms with Crippen molar-refractivity contribution < 1.29 is 22.3 Å². The average molecular weight is 572 g/mol. The lowest BCUT2D eigenvalue weighted by atomic mass is 10.3. The maximum Gasteiger partial charge on any atom is 0.216 e. The Hall–Kier alpha value is -1.18. The molecule has 0 aliphatic carbocycles. The summed E-state index contributed by atoms with van der Waals surface area (Å²) >= 11 is 0. The van der Waals surface area contributed by atoms with Crippen LogP contribution in [-0.4, -0.2) is 88.4 Å². The minimum atomic E-state index is -3.31. The van der Waals surface area contributed by atoms with E-state index in [1.54, 1.807) is 19.2 Å². The molecule has 1 N–H and O–H groups in total. The zero-order valence-corrected chi connectivity index (χ0v) is 21.6. The molecule has 31 heavy (non-hydrogen) atoms. The normalized spacial score (nSPS) is 15.6. The molecule has 0 spiro atoms. The van der Waals surface area contributed by atoms with Gasteiger partial charge in [-0.15, -0.1) is 24.0 Å². The van der Waals surface area contributed by atoms with E-state index < -0.39 is 10.0 Å². The van der Waals surface area contributed by atoms with Gasteiger partial charge in [-0.1, -0.05) is 0 Å². The number of rotatable bonds is 10. The maximum absolute atomic E-state index is 12.9. The van der Waals surface area contributed by atoms with Gasteiger partial charge in [0.25, 0.3) is 0 Å². The first-order valence-corrected chi connectivity index (χ1v) is 11.9. The van der Waals surface area contributed by atoms with Crippen molar-refractivity contribution in [3.8, 4) is 5.75 Å². The number of sulfonamides is 1. The van der Waals surface area contributed by atoms with Crippen LogP contribution in [0, 0.1) is 5.82 Å². The Bertz CT molecular complexity index is 770. The second-order valence-corrected chi connectivity index (χ2v) is 9.34. The lowest BCUT2D eigenvalue weighted by Crippen LogP contribution is -2.54. The number of guanidine groups is 1. The van der Waals surface area contributed by atoms with E-state index in [9.17, 15) is 12.8 Å². The van der Waals surface area contributed by atoms with Gasteiger partial charge < -0.3 is 19.7 Å². The van der Waals surface area contributed by atoms with Crippen LogP contribution in [0.3, 0.4) is 0 Å². The topological polar surface area (TPSA) is 83.5 Å². The highest BCUT2D eigenvalue weighted by Crippen LogP contribution is 2.11. The Balaban J connectivity index is 0.00000480. The van der Waals surface area contributed by atoms with Crippen molar-refractivity contribution in [1.82, 2.24) is 14.5 Å². The van der Waals surface area contributed by atoms with E-state index >= 15 is 0 Å². The number of piperazine rings is 1. The van der Waals surface area contributed by atoms with Crippen LogP contribution in [0.2, 0.25) is 0 Å². The molecule has 1 aliphatic heterocycles. The van der Waals surface area contributed by atoms with Gasteiger partial charge in [0, 0.05) is 39.8 Å². The van der Waals surface area contributed by atoms with E-state index in [0.29, 0.717) is 45.1 Å². The predicted octanol–water partition coefficient (Wildman–Crippen LogP) is 2.16. The molecule has 0 unspecified atom stereocenters. The molecular formula is C20H34FIN4O4S. The predicted molar refractivity (Wildman–Crippen MR) is 131 cm³/mol.